The van der Waals surface area contributed by atoms with E-state index in [1.165, 1.54) is 6.42 Å². The molecule has 2 aliphatic carbocycles. The Balaban J connectivity index is 1.50. The van der Waals surface area contributed by atoms with Crippen molar-refractivity contribution < 1.29 is 17.6 Å². The summed E-state index contributed by atoms with van der Waals surface area (Å²) in [6.45, 7) is 4.38. The molecule has 1 aromatic rings. The van der Waals surface area contributed by atoms with Crippen molar-refractivity contribution in [1.82, 2.24) is 8.61 Å². The molecule has 0 spiro atoms. The van der Waals surface area contributed by atoms with Crippen LogP contribution in [0.4, 0.5) is 0 Å². The molecule has 7 heteroatoms. The van der Waals surface area contributed by atoms with Gasteiger partial charge in [0, 0.05) is 25.0 Å². The van der Waals surface area contributed by atoms with E-state index < -0.39 is 10.2 Å². The largest absolute Gasteiger partial charge is 0.464 e. The number of ether oxygens (including phenoxy) is 1. The quantitative estimate of drug-likeness (QED) is 0.794. The van der Waals surface area contributed by atoms with Crippen molar-refractivity contribution in [1.29, 1.82) is 0 Å². The molecule has 3 aliphatic rings. The van der Waals surface area contributed by atoms with Gasteiger partial charge in [-0.25, -0.2) is 0 Å². The van der Waals surface area contributed by atoms with E-state index in [9.17, 15) is 8.42 Å². The van der Waals surface area contributed by atoms with Gasteiger partial charge in [0.25, 0.3) is 10.2 Å². The lowest BCUT2D eigenvalue weighted by atomic mass is 10.3. The summed E-state index contributed by atoms with van der Waals surface area (Å²) >= 11 is 0. The second kappa shape index (κ2) is 5.88. The van der Waals surface area contributed by atoms with Crippen LogP contribution in [-0.4, -0.2) is 49.4 Å². The van der Waals surface area contributed by atoms with Crippen LogP contribution >= 0.6 is 0 Å². The van der Waals surface area contributed by atoms with E-state index in [0.717, 1.165) is 24.4 Å². The Morgan fingerprint density at radius 1 is 1.26 bits per heavy atom. The Bertz CT molecular complexity index is 661. The molecule has 0 radical (unpaired) electrons. The monoisotopic (exact) mass is 340 g/mol. The summed E-state index contributed by atoms with van der Waals surface area (Å²) in [4.78, 5) is 0. The molecule has 2 heterocycles. The van der Waals surface area contributed by atoms with Crippen molar-refractivity contribution in [2.45, 2.75) is 44.7 Å². The molecule has 23 heavy (non-hydrogen) atoms. The van der Waals surface area contributed by atoms with Gasteiger partial charge in [-0.2, -0.15) is 17.0 Å². The molecule has 4 rings (SSSR count). The summed E-state index contributed by atoms with van der Waals surface area (Å²) in [6.07, 6.45) is 3.05. The SMILES string of the molecule is C[C@@H]1C[C@@H]1c1ccc(CN(C2CC2)S(=O)(=O)N2CCOCC2)o1. The van der Waals surface area contributed by atoms with Crippen molar-refractivity contribution in [3.8, 4) is 0 Å². The third kappa shape index (κ3) is 3.20. The van der Waals surface area contributed by atoms with E-state index in [1.54, 1.807) is 8.61 Å². The number of rotatable bonds is 6. The first kappa shape index (κ1) is 15.6. The molecule has 3 fully saturated rings. The zero-order valence-corrected chi connectivity index (χ0v) is 14.3. The fraction of sp³-hybridized carbons (Fsp3) is 0.750. The Morgan fingerprint density at radius 3 is 2.57 bits per heavy atom. The van der Waals surface area contributed by atoms with Crippen molar-refractivity contribution >= 4 is 10.2 Å². The lowest BCUT2D eigenvalue weighted by Crippen LogP contribution is -2.49. The normalized spacial score (nSPS) is 29.1. The standard InChI is InChI=1S/C16H24N2O4S/c1-12-10-15(12)16-5-4-14(22-16)11-18(13-2-3-13)23(19,20)17-6-8-21-9-7-17/h4-5,12-13,15H,2-3,6-11H2,1H3/t12-,15+/m1/s1. The Hall–Kier alpha value is -0.890. The van der Waals surface area contributed by atoms with E-state index in [-0.39, 0.29) is 6.04 Å². The number of nitrogens with zero attached hydrogens (tertiary/aromatic N) is 2. The van der Waals surface area contributed by atoms with Gasteiger partial charge in [0.05, 0.1) is 19.8 Å². The van der Waals surface area contributed by atoms with Crippen LogP contribution in [0.1, 0.15) is 43.6 Å². The van der Waals surface area contributed by atoms with E-state index in [4.69, 9.17) is 9.15 Å². The number of furan rings is 1. The van der Waals surface area contributed by atoms with E-state index >= 15 is 0 Å². The first-order chi connectivity index (χ1) is 11.1. The van der Waals surface area contributed by atoms with Crippen molar-refractivity contribution in [2.75, 3.05) is 26.3 Å². The molecule has 0 unspecified atom stereocenters. The van der Waals surface area contributed by atoms with Gasteiger partial charge in [-0.3, -0.25) is 0 Å². The second-order valence-corrected chi connectivity index (χ2v) is 8.80. The van der Waals surface area contributed by atoms with Crippen molar-refractivity contribution in [2.24, 2.45) is 5.92 Å². The van der Waals surface area contributed by atoms with E-state index in [0.29, 0.717) is 44.7 Å². The molecule has 6 nitrogen and oxygen atoms in total. The first-order valence-corrected chi connectivity index (χ1v) is 9.88. The van der Waals surface area contributed by atoms with Crippen molar-refractivity contribution in [3.05, 3.63) is 23.7 Å². The molecule has 1 aromatic heterocycles. The molecule has 128 valence electrons. The smallest absolute Gasteiger partial charge is 0.282 e. The van der Waals surface area contributed by atoms with Crippen LogP contribution in [0.2, 0.25) is 0 Å². The van der Waals surface area contributed by atoms with Crippen LogP contribution in [0.5, 0.6) is 0 Å². The molecule has 1 aliphatic heterocycles. The minimum absolute atomic E-state index is 0.122. The number of hydrogen-bond acceptors (Lipinski definition) is 4. The lowest BCUT2D eigenvalue weighted by Gasteiger charge is -2.31. The maximum atomic E-state index is 12.9. The van der Waals surface area contributed by atoms with E-state index in [2.05, 4.69) is 6.92 Å². The van der Waals surface area contributed by atoms with Crippen LogP contribution in [0.3, 0.4) is 0 Å². The highest BCUT2D eigenvalue weighted by molar-refractivity contribution is 7.86. The maximum Gasteiger partial charge on any atom is 0.282 e. The average molecular weight is 340 g/mol. The van der Waals surface area contributed by atoms with Gasteiger partial charge in [-0.15, -0.1) is 0 Å². The topological polar surface area (TPSA) is 63.0 Å². The molecular formula is C16H24N2O4S. The lowest BCUT2D eigenvalue weighted by molar-refractivity contribution is 0.0696. The summed E-state index contributed by atoms with van der Waals surface area (Å²) in [7, 11) is -3.44. The van der Waals surface area contributed by atoms with Crippen LogP contribution in [0.25, 0.3) is 0 Å². The third-order valence-corrected chi connectivity index (χ3v) is 7.05. The van der Waals surface area contributed by atoms with Gasteiger partial charge in [0.15, 0.2) is 0 Å². The second-order valence-electron chi connectivity index (χ2n) is 6.92. The first-order valence-electron chi connectivity index (χ1n) is 8.49. The highest BCUT2D eigenvalue weighted by Crippen LogP contribution is 2.47. The molecule has 1 saturated heterocycles. The third-order valence-electron chi connectivity index (χ3n) is 5.02. The van der Waals surface area contributed by atoms with E-state index in [1.807, 2.05) is 12.1 Å². The summed E-state index contributed by atoms with van der Waals surface area (Å²) in [5, 5.41) is 0. The molecule has 0 amide bonds. The maximum absolute atomic E-state index is 12.9. The summed E-state index contributed by atoms with van der Waals surface area (Å²) < 4.78 is 40.2. The summed E-state index contributed by atoms with van der Waals surface area (Å²) in [5.74, 6) is 2.97. The molecule has 2 saturated carbocycles. The molecule has 0 aromatic carbocycles. The molecular weight excluding hydrogens is 316 g/mol. The zero-order chi connectivity index (χ0) is 16.0. The predicted octanol–water partition coefficient (Wildman–Crippen LogP) is 1.94. The Kier molecular flexibility index (Phi) is 3.99. The highest BCUT2D eigenvalue weighted by atomic mass is 32.2. The van der Waals surface area contributed by atoms with Gasteiger partial charge >= 0.3 is 0 Å². The van der Waals surface area contributed by atoms with Crippen LogP contribution in [-0.2, 0) is 21.5 Å². The Labute approximate surface area is 137 Å². The van der Waals surface area contributed by atoms with Gasteiger partial charge in [0.2, 0.25) is 0 Å². The van der Waals surface area contributed by atoms with Crippen LogP contribution in [0, 0.1) is 5.92 Å². The van der Waals surface area contributed by atoms with Gasteiger partial charge in [0.1, 0.15) is 11.5 Å². The fourth-order valence-electron chi connectivity index (χ4n) is 3.24. The summed E-state index contributed by atoms with van der Waals surface area (Å²) in [6, 6.07) is 4.07. The van der Waals surface area contributed by atoms with Crippen molar-refractivity contribution in [3.63, 3.8) is 0 Å². The zero-order valence-electron chi connectivity index (χ0n) is 13.5. The minimum atomic E-state index is -3.44. The predicted molar refractivity (Wildman–Crippen MR) is 85.1 cm³/mol. The minimum Gasteiger partial charge on any atom is -0.464 e. The Morgan fingerprint density at radius 2 is 1.96 bits per heavy atom. The van der Waals surface area contributed by atoms with Gasteiger partial charge in [-0.05, 0) is 37.3 Å². The number of hydrogen-bond donors (Lipinski definition) is 0. The molecule has 2 atom stereocenters. The molecule has 0 N–H and O–H groups in total. The molecule has 0 bridgehead atoms. The van der Waals surface area contributed by atoms with Crippen LogP contribution in [0.15, 0.2) is 16.5 Å². The number of morpholine rings is 1. The average Bonchev–Trinajstić information content (AvgIpc) is 3.47. The van der Waals surface area contributed by atoms with Crippen LogP contribution < -0.4 is 0 Å². The fourth-order valence-corrected chi connectivity index (χ4v) is 5.02. The highest BCUT2D eigenvalue weighted by Gasteiger charge is 2.42. The van der Waals surface area contributed by atoms with Gasteiger partial charge < -0.3 is 9.15 Å². The summed E-state index contributed by atoms with van der Waals surface area (Å²) in [5.41, 5.74) is 0. The van der Waals surface area contributed by atoms with Gasteiger partial charge in [-0.1, -0.05) is 6.92 Å².